The molecule has 142 valence electrons. The van der Waals surface area contributed by atoms with Gasteiger partial charge in [0.2, 0.25) is 5.95 Å². The van der Waals surface area contributed by atoms with Gasteiger partial charge in [-0.1, -0.05) is 6.92 Å². The van der Waals surface area contributed by atoms with Gasteiger partial charge in [-0.05, 0) is 25.8 Å². The molecular weight excluding hydrogens is 354 g/mol. The van der Waals surface area contributed by atoms with Gasteiger partial charge in [0.05, 0.1) is 18.4 Å². The van der Waals surface area contributed by atoms with E-state index in [9.17, 15) is 8.42 Å². The molecule has 0 unspecified atom stereocenters. The highest BCUT2D eigenvalue weighted by Crippen LogP contribution is 2.27. The highest BCUT2D eigenvalue weighted by molar-refractivity contribution is 7.90. The van der Waals surface area contributed by atoms with Gasteiger partial charge >= 0.3 is 0 Å². The molecule has 0 aliphatic carbocycles. The quantitative estimate of drug-likeness (QED) is 0.731. The number of nitrogens with one attached hydrogen (secondary N) is 2. The van der Waals surface area contributed by atoms with E-state index < -0.39 is 9.84 Å². The lowest BCUT2D eigenvalue weighted by Gasteiger charge is -2.24. The molecule has 1 saturated heterocycles. The summed E-state index contributed by atoms with van der Waals surface area (Å²) in [6.45, 7) is 5.05. The molecule has 1 aliphatic heterocycles. The van der Waals surface area contributed by atoms with Crippen LogP contribution in [0.15, 0.2) is 17.4 Å². The summed E-state index contributed by atoms with van der Waals surface area (Å²) in [5.74, 6) is 1.27. The first kappa shape index (κ1) is 18.7. The van der Waals surface area contributed by atoms with Crippen molar-refractivity contribution in [2.45, 2.75) is 50.1 Å². The van der Waals surface area contributed by atoms with E-state index in [0.29, 0.717) is 18.2 Å². The van der Waals surface area contributed by atoms with Crippen LogP contribution in [0.2, 0.25) is 0 Å². The molecule has 0 radical (unpaired) electrons. The van der Waals surface area contributed by atoms with Crippen molar-refractivity contribution >= 4 is 15.8 Å². The van der Waals surface area contributed by atoms with Crippen LogP contribution in [0.1, 0.15) is 43.6 Å². The maximum absolute atomic E-state index is 12.1. The molecule has 0 amide bonds. The number of anilines is 1. The van der Waals surface area contributed by atoms with E-state index in [2.05, 4.69) is 37.7 Å². The van der Waals surface area contributed by atoms with Gasteiger partial charge in [-0.3, -0.25) is 0 Å². The van der Waals surface area contributed by atoms with Gasteiger partial charge in [-0.15, -0.1) is 10.2 Å². The summed E-state index contributed by atoms with van der Waals surface area (Å²) in [6, 6.07) is 0. The highest BCUT2D eigenvalue weighted by Gasteiger charge is 2.25. The summed E-state index contributed by atoms with van der Waals surface area (Å²) < 4.78 is 26.2. The van der Waals surface area contributed by atoms with E-state index in [0.717, 1.165) is 44.7 Å². The highest BCUT2D eigenvalue weighted by atomic mass is 32.2. The second-order valence-electron chi connectivity index (χ2n) is 6.55. The van der Waals surface area contributed by atoms with Crippen LogP contribution in [0.25, 0.3) is 0 Å². The lowest BCUT2D eigenvalue weighted by atomic mass is 9.96. The minimum Gasteiger partial charge on any atom is -0.347 e. The zero-order valence-corrected chi connectivity index (χ0v) is 16.0. The Bertz CT molecular complexity index is 844. The van der Waals surface area contributed by atoms with Gasteiger partial charge in [0, 0.05) is 25.3 Å². The second-order valence-corrected chi connectivity index (χ2v) is 8.54. The standard InChI is InChI=1S/C16H25N7O2S/c1-3-7-23-11-20-22-14(23)10-19-16-18-9-13(26(2,24)25)15(21-16)12-5-4-6-17-8-12/h9,11-12,17H,3-8,10H2,1-2H3,(H,18,19,21)/t12-/m1/s1. The minimum absolute atomic E-state index is 0.0702. The Labute approximate surface area is 153 Å². The van der Waals surface area contributed by atoms with Crippen LogP contribution >= 0.6 is 0 Å². The maximum atomic E-state index is 12.1. The summed E-state index contributed by atoms with van der Waals surface area (Å²) >= 11 is 0. The maximum Gasteiger partial charge on any atom is 0.223 e. The first-order valence-corrected chi connectivity index (χ1v) is 10.8. The van der Waals surface area contributed by atoms with Crippen molar-refractivity contribution in [3.05, 3.63) is 24.0 Å². The average molecular weight is 379 g/mol. The molecule has 3 heterocycles. The van der Waals surface area contributed by atoms with Crippen LogP contribution in [0.4, 0.5) is 5.95 Å². The van der Waals surface area contributed by atoms with E-state index in [4.69, 9.17) is 0 Å². The number of hydrogen-bond acceptors (Lipinski definition) is 8. The van der Waals surface area contributed by atoms with Crippen molar-refractivity contribution in [2.75, 3.05) is 24.7 Å². The van der Waals surface area contributed by atoms with Crippen molar-refractivity contribution in [3.8, 4) is 0 Å². The zero-order valence-electron chi connectivity index (χ0n) is 15.1. The van der Waals surface area contributed by atoms with Crippen molar-refractivity contribution in [1.29, 1.82) is 0 Å². The predicted octanol–water partition coefficient (Wildman–Crippen LogP) is 0.961. The smallest absolute Gasteiger partial charge is 0.223 e. The summed E-state index contributed by atoms with van der Waals surface area (Å²) in [4.78, 5) is 8.95. The lowest BCUT2D eigenvalue weighted by molar-refractivity contribution is 0.448. The molecule has 9 nitrogen and oxygen atoms in total. The van der Waals surface area contributed by atoms with Crippen LogP contribution in [0, 0.1) is 0 Å². The zero-order chi connectivity index (χ0) is 18.6. The van der Waals surface area contributed by atoms with Gasteiger partial charge < -0.3 is 15.2 Å². The van der Waals surface area contributed by atoms with Crippen LogP contribution in [0.5, 0.6) is 0 Å². The Hall–Kier alpha value is -2.07. The van der Waals surface area contributed by atoms with Gasteiger partial charge in [-0.25, -0.2) is 18.4 Å². The first-order chi connectivity index (χ1) is 12.5. The summed E-state index contributed by atoms with van der Waals surface area (Å²) in [5.41, 5.74) is 0.590. The summed E-state index contributed by atoms with van der Waals surface area (Å²) in [5, 5.41) is 14.5. The molecule has 26 heavy (non-hydrogen) atoms. The number of aryl methyl sites for hydroxylation is 1. The van der Waals surface area contributed by atoms with E-state index in [-0.39, 0.29) is 10.8 Å². The van der Waals surface area contributed by atoms with E-state index in [1.54, 1.807) is 6.33 Å². The van der Waals surface area contributed by atoms with E-state index in [1.165, 1.54) is 12.5 Å². The number of sulfone groups is 1. The van der Waals surface area contributed by atoms with Gasteiger partial charge in [0.15, 0.2) is 15.7 Å². The molecule has 10 heteroatoms. The minimum atomic E-state index is -3.38. The Balaban J connectivity index is 1.82. The monoisotopic (exact) mass is 379 g/mol. The molecule has 1 aliphatic rings. The molecule has 1 atom stereocenters. The Morgan fingerprint density at radius 2 is 2.27 bits per heavy atom. The van der Waals surface area contributed by atoms with Crippen molar-refractivity contribution in [2.24, 2.45) is 0 Å². The molecule has 2 aromatic heterocycles. The Morgan fingerprint density at radius 3 is 2.96 bits per heavy atom. The fourth-order valence-corrected chi connectivity index (χ4v) is 3.97. The van der Waals surface area contributed by atoms with E-state index in [1.807, 2.05) is 4.57 Å². The van der Waals surface area contributed by atoms with Gasteiger partial charge in [0.25, 0.3) is 0 Å². The third-order valence-electron chi connectivity index (χ3n) is 4.43. The third-order valence-corrected chi connectivity index (χ3v) is 5.54. The largest absolute Gasteiger partial charge is 0.347 e. The van der Waals surface area contributed by atoms with Crippen molar-refractivity contribution < 1.29 is 8.42 Å². The predicted molar refractivity (Wildman–Crippen MR) is 97.6 cm³/mol. The SMILES string of the molecule is CCCn1cnnc1CNc1ncc(S(C)(=O)=O)c([C@@H]2CCCNC2)n1. The molecule has 3 rings (SSSR count). The number of aromatic nitrogens is 5. The molecule has 0 aromatic carbocycles. The number of rotatable bonds is 7. The fourth-order valence-electron chi connectivity index (χ4n) is 3.13. The van der Waals surface area contributed by atoms with Gasteiger partial charge in [0.1, 0.15) is 11.2 Å². The normalized spacial score (nSPS) is 18.0. The van der Waals surface area contributed by atoms with Crippen LogP contribution in [0.3, 0.4) is 0 Å². The lowest BCUT2D eigenvalue weighted by Crippen LogP contribution is -2.30. The van der Waals surface area contributed by atoms with E-state index >= 15 is 0 Å². The Kier molecular flexibility index (Phi) is 5.82. The fraction of sp³-hybridized carbons (Fsp3) is 0.625. The molecule has 2 N–H and O–H groups in total. The number of piperidine rings is 1. The first-order valence-electron chi connectivity index (χ1n) is 8.87. The molecule has 0 saturated carbocycles. The summed E-state index contributed by atoms with van der Waals surface area (Å²) in [7, 11) is -3.38. The van der Waals surface area contributed by atoms with Crippen LogP contribution in [-0.2, 0) is 22.9 Å². The topological polar surface area (TPSA) is 115 Å². The molecular formula is C16H25N7O2S. The Morgan fingerprint density at radius 1 is 1.42 bits per heavy atom. The van der Waals surface area contributed by atoms with Crippen LogP contribution in [-0.4, -0.2) is 52.5 Å². The number of nitrogens with zero attached hydrogens (tertiary/aromatic N) is 5. The third kappa shape index (κ3) is 4.36. The molecule has 0 spiro atoms. The van der Waals surface area contributed by atoms with Crippen LogP contribution < -0.4 is 10.6 Å². The van der Waals surface area contributed by atoms with Crippen molar-refractivity contribution in [1.82, 2.24) is 30.0 Å². The molecule has 0 bridgehead atoms. The van der Waals surface area contributed by atoms with Gasteiger partial charge in [-0.2, -0.15) is 0 Å². The average Bonchev–Trinajstić information content (AvgIpc) is 3.07. The molecule has 2 aromatic rings. The summed E-state index contributed by atoms with van der Waals surface area (Å²) in [6.07, 6.45) is 7.21. The number of hydrogen-bond donors (Lipinski definition) is 2. The van der Waals surface area contributed by atoms with Crippen molar-refractivity contribution in [3.63, 3.8) is 0 Å². The molecule has 1 fully saturated rings. The second kappa shape index (κ2) is 8.09.